The molecule has 0 saturated carbocycles. The summed E-state index contributed by atoms with van der Waals surface area (Å²) in [5.74, 6) is 7.53. The molecule has 5 nitrogen and oxygen atoms in total. The van der Waals surface area contributed by atoms with E-state index in [1.807, 2.05) is 37.3 Å². The topological polar surface area (TPSA) is 56.8 Å². The van der Waals surface area contributed by atoms with Gasteiger partial charge in [0.2, 0.25) is 0 Å². The Hall–Kier alpha value is -3.13. The van der Waals surface area contributed by atoms with Crippen molar-refractivity contribution in [2.24, 2.45) is 0 Å². The highest BCUT2D eigenvalue weighted by Gasteiger charge is 2.02. The summed E-state index contributed by atoms with van der Waals surface area (Å²) in [6.07, 6.45) is 0. The van der Waals surface area contributed by atoms with E-state index < -0.39 is 0 Å². The first-order chi connectivity index (χ1) is 12.2. The van der Waals surface area contributed by atoms with Gasteiger partial charge in [-0.3, -0.25) is 4.79 Å². The van der Waals surface area contributed by atoms with Gasteiger partial charge in [-0.1, -0.05) is 36.1 Å². The maximum absolute atomic E-state index is 11.7. The predicted octanol–water partition coefficient (Wildman–Crippen LogP) is 2.58. The molecule has 1 amide bonds. The number of amides is 1. The van der Waals surface area contributed by atoms with Gasteiger partial charge in [-0.25, -0.2) is 0 Å². The van der Waals surface area contributed by atoms with E-state index in [2.05, 4.69) is 17.2 Å². The molecule has 0 spiro atoms. The molecule has 0 heterocycles. The minimum absolute atomic E-state index is 0.0748. The number of methoxy groups -OCH3 is 1. The van der Waals surface area contributed by atoms with Crippen LogP contribution in [0.5, 0.6) is 17.2 Å². The molecule has 130 valence electrons. The average molecular weight is 339 g/mol. The minimum atomic E-state index is -0.239. The number of aryl methyl sites for hydroxylation is 1. The van der Waals surface area contributed by atoms with Gasteiger partial charge in [-0.05, 0) is 30.7 Å². The van der Waals surface area contributed by atoms with Gasteiger partial charge in [0, 0.05) is 6.07 Å². The monoisotopic (exact) mass is 339 g/mol. The van der Waals surface area contributed by atoms with E-state index in [0.29, 0.717) is 11.5 Å². The van der Waals surface area contributed by atoms with Crippen molar-refractivity contribution < 1.29 is 19.0 Å². The Morgan fingerprint density at radius 3 is 2.64 bits per heavy atom. The normalized spacial score (nSPS) is 9.52. The number of hydrogen-bond acceptors (Lipinski definition) is 4. The summed E-state index contributed by atoms with van der Waals surface area (Å²) < 4.78 is 16.0. The quantitative estimate of drug-likeness (QED) is 0.788. The number of carbonyl (C=O) groups excluding carboxylic acids is 1. The Morgan fingerprint density at radius 2 is 1.84 bits per heavy atom. The summed E-state index contributed by atoms with van der Waals surface area (Å²) in [7, 11) is 1.58. The van der Waals surface area contributed by atoms with Gasteiger partial charge >= 0.3 is 0 Å². The highest BCUT2D eigenvalue weighted by molar-refractivity contribution is 5.77. The van der Waals surface area contributed by atoms with Crippen molar-refractivity contribution in [3.05, 3.63) is 54.1 Å². The SMILES string of the molecule is COc1cccc(OCC(=O)NCC#CCOc2ccccc2C)c1. The zero-order valence-corrected chi connectivity index (χ0v) is 14.4. The van der Waals surface area contributed by atoms with E-state index in [0.717, 1.165) is 11.3 Å². The van der Waals surface area contributed by atoms with Crippen molar-refractivity contribution in [3.8, 4) is 29.1 Å². The van der Waals surface area contributed by atoms with Crippen LogP contribution < -0.4 is 19.5 Å². The Morgan fingerprint density at radius 1 is 1.04 bits per heavy atom. The van der Waals surface area contributed by atoms with Crippen LogP contribution >= 0.6 is 0 Å². The van der Waals surface area contributed by atoms with Crippen molar-refractivity contribution >= 4 is 5.91 Å². The van der Waals surface area contributed by atoms with Crippen LogP contribution in [0.4, 0.5) is 0 Å². The highest BCUT2D eigenvalue weighted by atomic mass is 16.5. The molecular formula is C20H21NO4. The summed E-state index contributed by atoms with van der Waals surface area (Å²) in [5, 5.41) is 2.67. The van der Waals surface area contributed by atoms with Crippen molar-refractivity contribution in [2.45, 2.75) is 6.92 Å². The van der Waals surface area contributed by atoms with Gasteiger partial charge in [0.1, 0.15) is 23.9 Å². The molecule has 2 rings (SSSR count). The van der Waals surface area contributed by atoms with E-state index in [-0.39, 0.29) is 25.7 Å². The van der Waals surface area contributed by atoms with E-state index in [1.165, 1.54) is 0 Å². The first-order valence-electron chi connectivity index (χ1n) is 7.87. The third-order valence-corrected chi connectivity index (χ3v) is 3.30. The smallest absolute Gasteiger partial charge is 0.258 e. The van der Waals surface area contributed by atoms with Crippen molar-refractivity contribution in [1.82, 2.24) is 5.32 Å². The van der Waals surface area contributed by atoms with Crippen LogP contribution in [0.2, 0.25) is 0 Å². The van der Waals surface area contributed by atoms with Crippen LogP contribution in [-0.4, -0.2) is 32.8 Å². The molecule has 0 aliphatic carbocycles. The lowest BCUT2D eigenvalue weighted by Gasteiger charge is -2.07. The Balaban J connectivity index is 1.64. The molecule has 0 aliphatic rings. The summed E-state index contributed by atoms with van der Waals surface area (Å²) >= 11 is 0. The van der Waals surface area contributed by atoms with Crippen LogP contribution in [-0.2, 0) is 4.79 Å². The summed E-state index contributed by atoms with van der Waals surface area (Å²) in [5.41, 5.74) is 1.06. The standard InChI is InChI=1S/C20H21NO4/c1-16-8-3-4-11-19(16)24-13-6-5-12-21-20(22)15-25-18-10-7-9-17(14-18)23-2/h3-4,7-11,14H,12-13,15H2,1-2H3,(H,21,22). The molecule has 2 aromatic rings. The van der Waals surface area contributed by atoms with Crippen molar-refractivity contribution in [1.29, 1.82) is 0 Å². The molecule has 25 heavy (non-hydrogen) atoms. The number of rotatable bonds is 7. The van der Waals surface area contributed by atoms with Crippen LogP contribution in [0.25, 0.3) is 0 Å². The first kappa shape index (κ1) is 18.2. The molecule has 2 aromatic carbocycles. The van der Waals surface area contributed by atoms with Gasteiger partial charge in [0.25, 0.3) is 5.91 Å². The summed E-state index contributed by atoms with van der Waals surface area (Å²) in [6.45, 7) is 2.43. The lowest BCUT2D eigenvalue weighted by atomic mass is 10.2. The molecule has 0 aromatic heterocycles. The highest BCUT2D eigenvalue weighted by Crippen LogP contribution is 2.18. The lowest BCUT2D eigenvalue weighted by Crippen LogP contribution is -2.29. The molecule has 1 N–H and O–H groups in total. The van der Waals surface area contributed by atoms with Crippen LogP contribution in [0.15, 0.2) is 48.5 Å². The minimum Gasteiger partial charge on any atom is -0.497 e. The lowest BCUT2D eigenvalue weighted by molar-refractivity contribution is -0.122. The van der Waals surface area contributed by atoms with Crippen LogP contribution in [0.1, 0.15) is 5.56 Å². The van der Waals surface area contributed by atoms with E-state index in [4.69, 9.17) is 14.2 Å². The summed E-state index contributed by atoms with van der Waals surface area (Å²) in [6, 6.07) is 14.8. The molecule has 0 saturated heterocycles. The molecular weight excluding hydrogens is 318 g/mol. The Bertz CT molecular complexity index is 762. The third-order valence-electron chi connectivity index (χ3n) is 3.30. The molecule has 0 unspecified atom stereocenters. The number of carbonyl (C=O) groups is 1. The molecule has 0 bridgehead atoms. The van der Waals surface area contributed by atoms with Crippen LogP contribution in [0.3, 0.4) is 0 Å². The van der Waals surface area contributed by atoms with Gasteiger partial charge in [-0.15, -0.1) is 0 Å². The molecule has 5 heteroatoms. The first-order valence-corrected chi connectivity index (χ1v) is 7.87. The second-order valence-corrected chi connectivity index (χ2v) is 5.15. The number of nitrogens with one attached hydrogen (secondary N) is 1. The second-order valence-electron chi connectivity index (χ2n) is 5.15. The van der Waals surface area contributed by atoms with E-state index in [9.17, 15) is 4.79 Å². The maximum atomic E-state index is 11.7. The largest absolute Gasteiger partial charge is 0.497 e. The fourth-order valence-corrected chi connectivity index (χ4v) is 1.98. The van der Waals surface area contributed by atoms with Gasteiger partial charge < -0.3 is 19.5 Å². The predicted molar refractivity (Wildman–Crippen MR) is 95.9 cm³/mol. The average Bonchev–Trinajstić information content (AvgIpc) is 2.64. The molecule has 0 fully saturated rings. The van der Waals surface area contributed by atoms with Crippen LogP contribution in [0, 0.1) is 18.8 Å². The third kappa shape index (κ3) is 6.48. The van der Waals surface area contributed by atoms with Crippen molar-refractivity contribution in [3.63, 3.8) is 0 Å². The fraction of sp³-hybridized carbons (Fsp3) is 0.250. The number of hydrogen-bond donors (Lipinski definition) is 1. The van der Waals surface area contributed by atoms with Gasteiger partial charge in [0.05, 0.1) is 13.7 Å². The number of benzene rings is 2. The fourth-order valence-electron chi connectivity index (χ4n) is 1.98. The molecule has 0 radical (unpaired) electrons. The molecule has 0 atom stereocenters. The maximum Gasteiger partial charge on any atom is 0.258 e. The Kier molecular flexibility index (Phi) is 7.20. The van der Waals surface area contributed by atoms with E-state index >= 15 is 0 Å². The summed E-state index contributed by atoms with van der Waals surface area (Å²) in [4.78, 5) is 11.7. The van der Waals surface area contributed by atoms with Gasteiger partial charge in [-0.2, -0.15) is 0 Å². The zero-order chi connectivity index (χ0) is 17.9. The number of ether oxygens (including phenoxy) is 3. The zero-order valence-electron chi connectivity index (χ0n) is 14.4. The van der Waals surface area contributed by atoms with Crippen molar-refractivity contribution in [2.75, 3.05) is 26.9 Å². The second kappa shape index (κ2) is 9.89. The number of para-hydroxylation sites is 1. The van der Waals surface area contributed by atoms with Gasteiger partial charge in [0.15, 0.2) is 6.61 Å². The molecule has 0 aliphatic heterocycles. The Labute approximate surface area is 147 Å². The van der Waals surface area contributed by atoms with E-state index in [1.54, 1.807) is 25.3 Å².